The van der Waals surface area contributed by atoms with E-state index in [0.29, 0.717) is 11.6 Å². The molecule has 1 aromatic carbocycles. The number of oxime groups is 1. The highest BCUT2D eigenvalue weighted by atomic mass is 16.5. The van der Waals surface area contributed by atoms with Crippen LogP contribution < -0.4 is 10.5 Å². The van der Waals surface area contributed by atoms with Gasteiger partial charge in [-0.2, -0.15) is 0 Å². The minimum absolute atomic E-state index is 0.0819. The van der Waals surface area contributed by atoms with E-state index in [1.54, 1.807) is 0 Å². The van der Waals surface area contributed by atoms with Crippen molar-refractivity contribution in [1.82, 2.24) is 9.97 Å². The molecule has 6 nitrogen and oxygen atoms in total. The Bertz CT molecular complexity index is 653. The van der Waals surface area contributed by atoms with E-state index in [-0.39, 0.29) is 5.84 Å². The molecule has 0 atom stereocenters. The lowest BCUT2D eigenvalue weighted by Gasteiger charge is -2.07. The fraction of sp³-hybridized carbons (Fsp3) is 0.214. The summed E-state index contributed by atoms with van der Waals surface area (Å²) in [5.74, 6) is 1.04. The Morgan fingerprint density at radius 3 is 2.80 bits per heavy atom. The van der Waals surface area contributed by atoms with Crippen molar-refractivity contribution in [1.29, 1.82) is 0 Å². The maximum absolute atomic E-state index is 8.55. The van der Waals surface area contributed by atoms with Crippen molar-refractivity contribution < 1.29 is 9.94 Å². The van der Waals surface area contributed by atoms with Gasteiger partial charge >= 0.3 is 0 Å². The number of hydrogen-bond donors (Lipinski definition) is 2. The van der Waals surface area contributed by atoms with Gasteiger partial charge in [0.2, 0.25) is 5.88 Å². The molecule has 20 heavy (non-hydrogen) atoms. The highest BCUT2D eigenvalue weighted by Crippen LogP contribution is 2.28. The highest BCUT2D eigenvalue weighted by Gasteiger charge is 2.12. The first kappa shape index (κ1) is 12.4. The summed E-state index contributed by atoms with van der Waals surface area (Å²) >= 11 is 0. The van der Waals surface area contributed by atoms with Crippen LogP contribution >= 0.6 is 0 Å². The third kappa shape index (κ3) is 2.40. The van der Waals surface area contributed by atoms with E-state index in [2.05, 4.69) is 21.2 Å². The van der Waals surface area contributed by atoms with Gasteiger partial charge in [-0.25, -0.2) is 9.97 Å². The molecule has 3 N–H and O–H groups in total. The van der Waals surface area contributed by atoms with Crippen molar-refractivity contribution in [3.63, 3.8) is 0 Å². The van der Waals surface area contributed by atoms with Crippen molar-refractivity contribution in [2.24, 2.45) is 10.9 Å². The average Bonchev–Trinajstić information content (AvgIpc) is 2.95. The fourth-order valence-electron chi connectivity index (χ4n) is 2.28. The summed E-state index contributed by atoms with van der Waals surface area (Å²) in [6.45, 7) is 0. The van der Waals surface area contributed by atoms with Crippen LogP contribution in [0.4, 0.5) is 0 Å². The quantitative estimate of drug-likeness (QED) is 0.384. The Morgan fingerprint density at radius 1 is 1.20 bits per heavy atom. The highest BCUT2D eigenvalue weighted by molar-refractivity contribution is 5.94. The molecular weight excluding hydrogens is 256 g/mol. The lowest BCUT2D eigenvalue weighted by molar-refractivity contribution is 0.318. The largest absolute Gasteiger partial charge is 0.437 e. The number of benzene rings is 1. The van der Waals surface area contributed by atoms with Crippen molar-refractivity contribution >= 4 is 5.84 Å². The molecule has 0 unspecified atom stereocenters. The smallest absolute Gasteiger partial charge is 0.237 e. The summed E-state index contributed by atoms with van der Waals surface area (Å²) in [5.41, 5.74) is 8.45. The van der Waals surface area contributed by atoms with Crippen LogP contribution in [-0.4, -0.2) is 21.0 Å². The second kappa shape index (κ2) is 5.16. The predicted octanol–water partition coefficient (Wildman–Crippen LogP) is 1.85. The van der Waals surface area contributed by atoms with E-state index in [0.717, 1.165) is 18.6 Å². The lowest BCUT2D eigenvalue weighted by atomic mass is 10.1. The number of fused-ring (bicyclic) bond motifs is 1. The number of nitrogens with zero attached hydrogens (tertiary/aromatic N) is 3. The zero-order valence-electron chi connectivity index (χ0n) is 10.8. The molecule has 0 radical (unpaired) electrons. The summed E-state index contributed by atoms with van der Waals surface area (Å²) < 4.78 is 5.66. The minimum Gasteiger partial charge on any atom is -0.437 e. The molecule has 6 heteroatoms. The van der Waals surface area contributed by atoms with E-state index in [1.807, 2.05) is 12.1 Å². The van der Waals surface area contributed by atoms with Gasteiger partial charge in [0, 0.05) is 0 Å². The topological polar surface area (TPSA) is 93.6 Å². The van der Waals surface area contributed by atoms with Gasteiger partial charge in [0.05, 0.1) is 12.4 Å². The second-order valence-corrected chi connectivity index (χ2v) is 4.61. The van der Waals surface area contributed by atoms with Gasteiger partial charge in [-0.05, 0) is 42.5 Å². The normalized spacial score (nSPS) is 14.1. The van der Waals surface area contributed by atoms with E-state index < -0.39 is 0 Å². The third-order valence-electron chi connectivity index (χ3n) is 3.29. The number of nitrogens with two attached hydrogens (primary N) is 1. The van der Waals surface area contributed by atoms with E-state index >= 15 is 0 Å². The maximum atomic E-state index is 8.55. The Kier molecular flexibility index (Phi) is 3.20. The number of rotatable bonds is 3. The molecule has 0 spiro atoms. The van der Waals surface area contributed by atoms with Crippen LogP contribution in [0.1, 0.15) is 23.2 Å². The first-order valence-corrected chi connectivity index (χ1v) is 6.36. The number of hydrogen-bond acceptors (Lipinski definition) is 5. The molecule has 2 aromatic rings. The molecule has 1 aromatic heterocycles. The molecule has 0 bridgehead atoms. The number of amidine groups is 1. The summed E-state index contributed by atoms with van der Waals surface area (Å²) in [6, 6.07) is 6.07. The SMILES string of the molecule is NC(=NO)c1cnc(Oc2ccc3c(c2)CCC3)cn1. The Morgan fingerprint density at radius 2 is 2.05 bits per heavy atom. The van der Waals surface area contributed by atoms with Crippen LogP contribution in [-0.2, 0) is 12.8 Å². The molecule has 3 rings (SSSR count). The first-order valence-electron chi connectivity index (χ1n) is 6.36. The van der Waals surface area contributed by atoms with E-state index in [4.69, 9.17) is 15.7 Å². The zero-order chi connectivity index (χ0) is 13.9. The van der Waals surface area contributed by atoms with Gasteiger partial charge in [0.1, 0.15) is 11.4 Å². The number of ether oxygens (including phenoxy) is 1. The monoisotopic (exact) mass is 270 g/mol. The van der Waals surface area contributed by atoms with Crippen LogP contribution in [0.5, 0.6) is 11.6 Å². The van der Waals surface area contributed by atoms with Gasteiger partial charge in [-0.15, -0.1) is 0 Å². The van der Waals surface area contributed by atoms with Crippen LogP contribution in [0, 0.1) is 0 Å². The van der Waals surface area contributed by atoms with Crippen molar-refractivity contribution in [3.8, 4) is 11.6 Å². The molecule has 0 saturated heterocycles. The van der Waals surface area contributed by atoms with Crippen LogP contribution in [0.25, 0.3) is 0 Å². The van der Waals surface area contributed by atoms with Crippen molar-refractivity contribution in [2.75, 3.05) is 0 Å². The van der Waals surface area contributed by atoms with E-state index in [9.17, 15) is 0 Å². The van der Waals surface area contributed by atoms with Crippen molar-refractivity contribution in [2.45, 2.75) is 19.3 Å². The number of aromatic nitrogens is 2. The average molecular weight is 270 g/mol. The second-order valence-electron chi connectivity index (χ2n) is 4.61. The summed E-state index contributed by atoms with van der Waals surface area (Å²) in [6.07, 6.45) is 6.29. The van der Waals surface area contributed by atoms with Crippen LogP contribution in [0.15, 0.2) is 35.7 Å². The molecule has 1 aliphatic rings. The third-order valence-corrected chi connectivity index (χ3v) is 3.29. The molecule has 0 aliphatic heterocycles. The van der Waals surface area contributed by atoms with Gasteiger partial charge in [0.25, 0.3) is 0 Å². The standard InChI is InChI=1S/C14H14N4O2/c15-14(18-19)12-7-17-13(8-16-12)20-11-5-4-9-2-1-3-10(9)6-11/h4-8,19H,1-3H2,(H2,15,18). The van der Waals surface area contributed by atoms with Gasteiger partial charge in [-0.1, -0.05) is 11.2 Å². The lowest BCUT2D eigenvalue weighted by Crippen LogP contribution is -2.15. The first-order chi connectivity index (χ1) is 9.76. The summed E-state index contributed by atoms with van der Waals surface area (Å²) in [7, 11) is 0. The Hall–Kier alpha value is -2.63. The fourth-order valence-corrected chi connectivity index (χ4v) is 2.28. The zero-order valence-corrected chi connectivity index (χ0v) is 10.8. The Labute approximate surface area is 115 Å². The molecule has 1 heterocycles. The molecule has 0 fully saturated rings. The van der Waals surface area contributed by atoms with Crippen LogP contribution in [0.2, 0.25) is 0 Å². The van der Waals surface area contributed by atoms with Crippen LogP contribution in [0.3, 0.4) is 0 Å². The molecule has 102 valence electrons. The predicted molar refractivity (Wildman–Crippen MR) is 73.1 cm³/mol. The molecular formula is C14H14N4O2. The Balaban J connectivity index is 1.78. The number of aryl methyl sites for hydroxylation is 2. The van der Waals surface area contributed by atoms with Gasteiger partial charge in [-0.3, -0.25) is 0 Å². The molecule has 0 saturated carbocycles. The van der Waals surface area contributed by atoms with Gasteiger partial charge < -0.3 is 15.7 Å². The minimum atomic E-state index is -0.0819. The summed E-state index contributed by atoms with van der Waals surface area (Å²) in [5, 5.41) is 11.4. The van der Waals surface area contributed by atoms with Crippen molar-refractivity contribution in [3.05, 3.63) is 47.4 Å². The van der Waals surface area contributed by atoms with Gasteiger partial charge in [0.15, 0.2) is 5.84 Å². The summed E-state index contributed by atoms with van der Waals surface area (Å²) in [4.78, 5) is 8.09. The molecule has 0 amide bonds. The van der Waals surface area contributed by atoms with E-state index in [1.165, 1.54) is 29.9 Å². The molecule has 1 aliphatic carbocycles. The maximum Gasteiger partial charge on any atom is 0.237 e.